The molecule has 0 aromatic heterocycles. The van der Waals surface area contributed by atoms with Gasteiger partial charge in [0.05, 0.1) is 7.11 Å². The zero-order valence-corrected chi connectivity index (χ0v) is 8.16. The van der Waals surface area contributed by atoms with Crippen LogP contribution >= 0.6 is 0 Å². The summed E-state index contributed by atoms with van der Waals surface area (Å²) in [6.07, 6.45) is 2.76. The molecule has 1 aliphatic heterocycles. The molecule has 0 bridgehead atoms. The minimum absolute atomic E-state index is 0. The first kappa shape index (κ1) is 12.6. The lowest BCUT2D eigenvalue weighted by Crippen LogP contribution is -2.40. The molecule has 0 aromatic carbocycles. The normalized spacial score (nSPS) is 19.8. The van der Waals surface area contributed by atoms with Crippen LogP contribution in [0.5, 0.6) is 0 Å². The number of likely N-dealkylation sites (tertiary alicyclic amines) is 1. The van der Waals surface area contributed by atoms with Crippen molar-refractivity contribution in [2.45, 2.75) is 18.9 Å². The van der Waals surface area contributed by atoms with E-state index in [0.717, 1.165) is 6.42 Å². The van der Waals surface area contributed by atoms with Crippen LogP contribution in [0, 0.1) is 0 Å². The second-order valence-corrected chi connectivity index (χ2v) is 2.92. The standard InChI is InChI=1S/C9H13NO3.H2O/c1-3-8(11)10-6-4-5-7(10)9(12)13-2;/h3,7H,1,4-6H2,2H3;1H2/t7-;/m0./s1. The van der Waals surface area contributed by atoms with Gasteiger partial charge in [0.15, 0.2) is 0 Å². The molecule has 0 aromatic rings. The number of methoxy groups -OCH3 is 1. The molecule has 1 rings (SSSR count). The first-order chi connectivity index (χ1) is 6.20. The lowest BCUT2D eigenvalue weighted by atomic mass is 10.2. The van der Waals surface area contributed by atoms with Crippen LogP contribution in [-0.4, -0.2) is 41.9 Å². The highest BCUT2D eigenvalue weighted by Crippen LogP contribution is 2.18. The van der Waals surface area contributed by atoms with Crippen LogP contribution in [0.1, 0.15) is 12.8 Å². The van der Waals surface area contributed by atoms with Gasteiger partial charge >= 0.3 is 5.97 Å². The predicted octanol–water partition coefficient (Wildman–Crippen LogP) is -0.488. The fourth-order valence-corrected chi connectivity index (χ4v) is 1.53. The molecule has 14 heavy (non-hydrogen) atoms. The highest BCUT2D eigenvalue weighted by Gasteiger charge is 2.33. The van der Waals surface area contributed by atoms with Crippen LogP contribution < -0.4 is 0 Å². The Bertz CT molecular complexity index is 239. The summed E-state index contributed by atoms with van der Waals surface area (Å²) in [5.41, 5.74) is 0. The molecule has 0 saturated carbocycles. The minimum atomic E-state index is -0.407. The predicted molar refractivity (Wildman–Crippen MR) is 50.6 cm³/mol. The molecule has 5 nitrogen and oxygen atoms in total. The molecule has 0 radical (unpaired) electrons. The smallest absolute Gasteiger partial charge is 0.328 e. The van der Waals surface area contributed by atoms with E-state index in [9.17, 15) is 9.59 Å². The molecule has 80 valence electrons. The van der Waals surface area contributed by atoms with Gasteiger partial charge in [-0.1, -0.05) is 6.58 Å². The second kappa shape index (κ2) is 5.39. The van der Waals surface area contributed by atoms with E-state index in [1.165, 1.54) is 18.1 Å². The molecular weight excluding hydrogens is 186 g/mol. The lowest BCUT2D eigenvalue weighted by Gasteiger charge is -2.20. The first-order valence-electron chi connectivity index (χ1n) is 4.21. The SMILES string of the molecule is C=CC(=O)N1CCC[C@H]1C(=O)OC.O. The Kier molecular flexibility index (Phi) is 4.86. The molecule has 1 atom stereocenters. The molecule has 1 heterocycles. The van der Waals surface area contributed by atoms with E-state index >= 15 is 0 Å². The number of esters is 1. The molecule has 2 N–H and O–H groups in total. The van der Waals surface area contributed by atoms with E-state index in [1.807, 2.05) is 0 Å². The molecule has 5 heteroatoms. The van der Waals surface area contributed by atoms with Gasteiger partial charge in [-0.15, -0.1) is 0 Å². The van der Waals surface area contributed by atoms with Gasteiger partial charge in [-0.05, 0) is 18.9 Å². The van der Waals surface area contributed by atoms with Gasteiger partial charge in [0.1, 0.15) is 6.04 Å². The number of rotatable bonds is 2. The maximum atomic E-state index is 11.2. The van der Waals surface area contributed by atoms with Crippen molar-refractivity contribution in [3.63, 3.8) is 0 Å². The van der Waals surface area contributed by atoms with E-state index in [4.69, 9.17) is 0 Å². The monoisotopic (exact) mass is 201 g/mol. The largest absolute Gasteiger partial charge is 0.467 e. The van der Waals surface area contributed by atoms with Crippen molar-refractivity contribution in [2.75, 3.05) is 13.7 Å². The third-order valence-electron chi connectivity index (χ3n) is 2.18. The third-order valence-corrected chi connectivity index (χ3v) is 2.18. The Hall–Kier alpha value is -1.36. The van der Waals surface area contributed by atoms with Crippen molar-refractivity contribution >= 4 is 11.9 Å². The number of nitrogens with zero attached hydrogens (tertiary/aromatic N) is 1. The van der Waals surface area contributed by atoms with E-state index < -0.39 is 6.04 Å². The van der Waals surface area contributed by atoms with Gasteiger partial charge in [0.2, 0.25) is 5.91 Å². The van der Waals surface area contributed by atoms with Crippen molar-refractivity contribution in [3.05, 3.63) is 12.7 Å². The third kappa shape index (κ3) is 2.32. The Morgan fingerprint density at radius 1 is 1.57 bits per heavy atom. The summed E-state index contributed by atoms with van der Waals surface area (Å²) in [5, 5.41) is 0. The summed E-state index contributed by atoms with van der Waals surface area (Å²) in [5.74, 6) is -0.541. The van der Waals surface area contributed by atoms with Gasteiger partial charge in [0.25, 0.3) is 0 Å². The molecule has 1 amide bonds. The van der Waals surface area contributed by atoms with E-state index in [-0.39, 0.29) is 17.4 Å². The number of amides is 1. The quantitative estimate of drug-likeness (QED) is 0.447. The van der Waals surface area contributed by atoms with Crippen molar-refractivity contribution < 1.29 is 19.8 Å². The number of carbonyl (C=O) groups excluding carboxylic acids is 2. The number of hydrogen-bond acceptors (Lipinski definition) is 3. The van der Waals surface area contributed by atoms with E-state index in [0.29, 0.717) is 13.0 Å². The molecule has 1 saturated heterocycles. The average Bonchev–Trinajstić information content (AvgIpc) is 2.63. The summed E-state index contributed by atoms with van der Waals surface area (Å²) in [7, 11) is 1.33. The summed E-state index contributed by atoms with van der Waals surface area (Å²) in [4.78, 5) is 23.9. The van der Waals surface area contributed by atoms with Crippen LogP contribution in [0.3, 0.4) is 0 Å². The molecule has 1 fully saturated rings. The van der Waals surface area contributed by atoms with Crippen LogP contribution in [0.15, 0.2) is 12.7 Å². The van der Waals surface area contributed by atoms with Crippen molar-refractivity contribution in [1.29, 1.82) is 0 Å². The van der Waals surface area contributed by atoms with Crippen LogP contribution in [0.4, 0.5) is 0 Å². The van der Waals surface area contributed by atoms with Crippen molar-refractivity contribution in [2.24, 2.45) is 0 Å². The number of carbonyl (C=O) groups is 2. The number of ether oxygens (including phenoxy) is 1. The highest BCUT2D eigenvalue weighted by atomic mass is 16.5. The van der Waals surface area contributed by atoms with E-state index in [1.54, 1.807) is 0 Å². The molecule has 0 unspecified atom stereocenters. The maximum Gasteiger partial charge on any atom is 0.328 e. The van der Waals surface area contributed by atoms with Gasteiger partial charge < -0.3 is 15.1 Å². The highest BCUT2D eigenvalue weighted by molar-refractivity contribution is 5.91. The van der Waals surface area contributed by atoms with Gasteiger partial charge in [0, 0.05) is 6.54 Å². The molecule has 1 aliphatic rings. The fraction of sp³-hybridized carbons (Fsp3) is 0.556. The Labute approximate surface area is 82.6 Å². The average molecular weight is 201 g/mol. The zero-order chi connectivity index (χ0) is 9.84. The second-order valence-electron chi connectivity index (χ2n) is 2.92. The van der Waals surface area contributed by atoms with Gasteiger partial charge in [-0.2, -0.15) is 0 Å². The van der Waals surface area contributed by atoms with Crippen LogP contribution in [-0.2, 0) is 14.3 Å². The Morgan fingerprint density at radius 2 is 2.21 bits per heavy atom. The topological polar surface area (TPSA) is 78.1 Å². The summed E-state index contributed by atoms with van der Waals surface area (Å²) in [6.45, 7) is 4.00. The summed E-state index contributed by atoms with van der Waals surface area (Å²) in [6, 6.07) is -0.407. The maximum absolute atomic E-state index is 11.2. The van der Waals surface area contributed by atoms with Crippen molar-refractivity contribution in [3.8, 4) is 0 Å². The zero-order valence-electron chi connectivity index (χ0n) is 8.16. The van der Waals surface area contributed by atoms with Crippen LogP contribution in [0.25, 0.3) is 0 Å². The lowest BCUT2D eigenvalue weighted by molar-refractivity contribution is -0.149. The van der Waals surface area contributed by atoms with Gasteiger partial charge in [-0.25, -0.2) is 4.79 Å². The fourth-order valence-electron chi connectivity index (χ4n) is 1.53. The Balaban J connectivity index is 0.00000169. The summed E-state index contributed by atoms with van der Waals surface area (Å²) >= 11 is 0. The molecule has 0 spiro atoms. The molecule has 0 aliphatic carbocycles. The van der Waals surface area contributed by atoms with Gasteiger partial charge in [-0.3, -0.25) is 4.79 Å². The Morgan fingerprint density at radius 3 is 2.71 bits per heavy atom. The van der Waals surface area contributed by atoms with E-state index in [2.05, 4.69) is 11.3 Å². The number of hydrogen-bond donors (Lipinski definition) is 0. The first-order valence-corrected chi connectivity index (χ1v) is 4.21. The van der Waals surface area contributed by atoms with Crippen LogP contribution in [0.2, 0.25) is 0 Å². The molecular formula is C9H15NO4. The van der Waals surface area contributed by atoms with Crippen molar-refractivity contribution in [1.82, 2.24) is 4.90 Å². The minimum Gasteiger partial charge on any atom is -0.467 e. The summed E-state index contributed by atoms with van der Waals surface area (Å²) < 4.78 is 4.59.